The highest BCUT2D eigenvalue weighted by Gasteiger charge is 2.17. The SMILES string of the molecule is CC(C)(CN)COc1ccc(-c2ccccc2)cc1Cl. The maximum absolute atomic E-state index is 6.30. The van der Waals surface area contributed by atoms with Gasteiger partial charge in [0.25, 0.3) is 0 Å². The Morgan fingerprint density at radius 2 is 1.75 bits per heavy atom. The van der Waals surface area contributed by atoms with Gasteiger partial charge in [0.05, 0.1) is 11.6 Å². The molecule has 3 heteroatoms. The lowest BCUT2D eigenvalue weighted by molar-refractivity contribution is 0.187. The molecule has 0 saturated heterocycles. The molecule has 2 aromatic carbocycles. The van der Waals surface area contributed by atoms with Crippen LogP contribution in [0.1, 0.15) is 13.8 Å². The highest BCUT2D eigenvalue weighted by molar-refractivity contribution is 6.32. The van der Waals surface area contributed by atoms with Gasteiger partial charge in [0, 0.05) is 12.0 Å². The first-order valence-corrected chi connectivity index (χ1v) is 7.07. The summed E-state index contributed by atoms with van der Waals surface area (Å²) in [5, 5.41) is 0.624. The van der Waals surface area contributed by atoms with Gasteiger partial charge < -0.3 is 10.5 Å². The maximum Gasteiger partial charge on any atom is 0.137 e. The molecule has 0 amide bonds. The van der Waals surface area contributed by atoms with E-state index in [1.807, 2.05) is 36.4 Å². The predicted octanol–water partition coefficient (Wildman–Crippen LogP) is 4.37. The van der Waals surface area contributed by atoms with Gasteiger partial charge in [-0.3, -0.25) is 0 Å². The summed E-state index contributed by atoms with van der Waals surface area (Å²) >= 11 is 6.30. The molecule has 2 rings (SSSR count). The molecule has 0 aliphatic carbocycles. The minimum atomic E-state index is -0.0541. The number of benzene rings is 2. The Bertz CT molecular complexity index is 566. The molecule has 106 valence electrons. The van der Waals surface area contributed by atoms with Crippen LogP contribution >= 0.6 is 11.6 Å². The fourth-order valence-corrected chi connectivity index (χ4v) is 2.00. The third-order valence-corrected chi connectivity index (χ3v) is 3.51. The lowest BCUT2D eigenvalue weighted by Gasteiger charge is -2.23. The Morgan fingerprint density at radius 3 is 2.35 bits per heavy atom. The molecule has 0 aliphatic rings. The topological polar surface area (TPSA) is 35.2 Å². The molecular weight excluding hydrogens is 270 g/mol. The summed E-state index contributed by atoms with van der Waals surface area (Å²) in [4.78, 5) is 0. The van der Waals surface area contributed by atoms with Crippen LogP contribution in [0, 0.1) is 5.41 Å². The summed E-state index contributed by atoms with van der Waals surface area (Å²) in [5.74, 6) is 0.702. The maximum atomic E-state index is 6.30. The van der Waals surface area contributed by atoms with Crippen molar-refractivity contribution in [2.24, 2.45) is 11.1 Å². The van der Waals surface area contributed by atoms with Crippen LogP contribution < -0.4 is 10.5 Å². The quantitative estimate of drug-likeness (QED) is 0.887. The van der Waals surface area contributed by atoms with Crippen molar-refractivity contribution < 1.29 is 4.74 Å². The van der Waals surface area contributed by atoms with E-state index in [9.17, 15) is 0 Å². The van der Waals surface area contributed by atoms with E-state index in [-0.39, 0.29) is 5.41 Å². The Kier molecular flexibility index (Phi) is 4.69. The molecule has 0 heterocycles. The second-order valence-electron chi connectivity index (χ2n) is 5.67. The average Bonchev–Trinajstić information content (AvgIpc) is 2.47. The standard InChI is InChI=1S/C17H20ClNO/c1-17(2,11-19)12-20-16-9-8-14(10-15(16)18)13-6-4-3-5-7-13/h3-10H,11-12,19H2,1-2H3. The second-order valence-corrected chi connectivity index (χ2v) is 6.08. The summed E-state index contributed by atoms with van der Waals surface area (Å²) in [6, 6.07) is 16.0. The predicted molar refractivity (Wildman–Crippen MR) is 85.2 cm³/mol. The monoisotopic (exact) mass is 289 g/mol. The highest BCUT2D eigenvalue weighted by atomic mass is 35.5. The van der Waals surface area contributed by atoms with Gasteiger partial charge in [-0.1, -0.05) is 61.8 Å². The second kappa shape index (κ2) is 6.29. The molecule has 0 unspecified atom stereocenters. The molecule has 2 aromatic rings. The Labute approximate surface area is 125 Å². The molecule has 2 nitrogen and oxygen atoms in total. The van der Waals surface area contributed by atoms with Crippen LogP contribution in [0.15, 0.2) is 48.5 Å². The number of ether oxygens (including phenoxy) is 1. The Balaban J connectivity index is 2.15. The van der Waals surface area contributed by atoms with Crippen molar-refractivity contribution in [3.63, 3.8) is 0 Å². The summed E-state index contributed by atoms with van der Waals surface area (Å²) < 4.78 is 5.77. The fourth-order valence-electron chi connectivity index (χ4n) is 1.76. The van der Waals surface area contributed by atoms with Gasteiger partial charge in [-0.05, 0) is 23.3 Å². The lowest BCUT2D eigenvalue weighted by atomic mass is 9.95. The third-order valence-electron chi connectivity index (χ3n) is 3.21. The minimum absolute atomic E-state index is 0.0541. The van der Waals surface area contributed by atoms with Crippen LogP contribution in [-0.2, 0) is 0 Å². The number of hydrogen-bond acceptors (Lipinski definition) is 2. The van der Waals surface area contributed by atoms with Gasteiger partial charge in [0.15, 0.2) is 0 Å². The van der Waals surface area contributed by atoms with Crippen LogP contribution in [0.2, 0.25) is 5.02 Å². The lowest BCUT2D eigenvalue weighted by Crippen LogP contribution is -2.30. The van der Waals surface area contributed by atoms with Crippen molar-refractivity contribution in [1.29, 1.82) is 0 Å². The van der Waals surface area contributed by atoms with Gasteiger partial charge in [0.1, 0.15) is 5.75 Å². The number of rotatable bonds is 5. The largest absolute Gasteiger partial charge is 0.491 e. The number of hydrogen-bond donors (Lipinski definition) is 1. The summed E-state index contributed by atoms with van der Waals surface area (Å²) in [6.45, 7) is 5.26. The van der Waals surface area contributed by atoms with Gasteiger partial charge in [0.2, 0.25) is 0 Å². The molecule has 0 atom stereocenters. The van der Waals surface area contributed by atoms with Crippen molar-refractivity contribution in [1.82, 2.24) is 0 Å². The van der Waals surface area contributed by atoms with Gasteiger partial charge >= 0.3 is 0 Å². The van der Waals surface area contributed by atoms with Crippen LogP contribution in [0.25, 0.3) is 11.1 Å². The van der Waals surface area contributed by atoms with Gasteiger partial charge in [-0.15, -0.1) is 0 Å². The zero-order valence-electron chi connectivity index (χ0n) is 11.9. The smallest absolute Gasteiger partial charge is 0.137 e. The van der Waals surface area contributed by atoms with E-state index in [0.717, 1.165) is 11.1 Å². The van der Waals surface area contributed by atoms with Crippen molar-refractivity contribution in [2.75, 3.05) is 13.2 Å². The van der Waals surface area contributed by atoms with Crippen LogP contribution in [0.5, 0.6) is 5.75 Å². The highest BCUT2D eigenvalue weighted by Crippen LogP contribution is 2.31. The first-order chi connectivity index (χ1) is 9.52. The first kappa shape index (κ1) is 14.9. The molecule has 0 aromatic heterocycles. The zero-order valence-corrected chi connectivity index (χ0v) is 12.7. The van der Waals surface area contributed by atoms with Gasteiger partial charge in [-0.25, -0.2) is 0 Å². The van der Waals surface area contributed by atoms with Crippen molar-refractivity contribution in [2.45, 2.75) is 13.8 Å². The van der Waals surface area contributed by atoms with Crippen LogP contribution in [0.4, 0.5) is 0 Å². The molecule has 0 aliphatic heterocycles. The van der Waals surface area contributed by atoms with E-state index < -0.39 is 0 Å². The average molecular weight is 290 g/mol. The first-order valence-electron chi connectivity index (χ1n) is 6.70. The Hall–Kier alpha value is -1.51. The minimum Gasteiger partial charge on any atom is -0.491 e. The molecule has 0 spiro atoms. The van der Waals surface area contributed by atoms with E-state index in [2.05, 4.69) is 26.0 Å². The normalized spacial score (nSPS) is 11.4. The van der Waals surface area contributed by atoms with E-state index in [4.69, 9.17) is 22.1 Å². The molecular formula is C17H20ClNO. The summed E-state index contributed by atoms with van der Waals surface area (Å²) in [6.07, 6.45) is 0. The summed E-state index contributed by atoms with van der Waals surface area (Å²) in [7, 11) is 0. The van der Waals surface area contributed by atoms with E-state index in [1.165, 1.54) is 0 Å². The van der Waals surface area contributed by atoms with E-state index >= 15 is 0 Å². The number of halogens is 1. The van der Waals surface area contributed by atoms with E-state index in [0.29, 0.717) is 23.9 Å². The van der Waals surface area contributed by atoms with Gasteiger partial charge in [-0.2, -0.15) is 0 Å². The zero-order chi connectivity index (χ0) is 14.6. The van der Waals surface area contributed by atoms with E-state index in [1.54, 1.807) is 0 Å². The number of nitrogens with two attached hydrogens (primary N) is 1. The summed E-state index contributed by atoms with van der Waals surface area (Å²) in [5.41, 5.74) is 7.87. The van der Waals surface area contributed by atoms with Crippen molar-refractivity contribution in [3.8, 4) is 16.9 Å². The van der Waals surface area contributed by atoms with Crippen LogP contribution in [0.3, 0.4) is 0 Å². The Morgan fingerprint density at radius 1 is 1.05 bits per heavy atom. The van der Waals surface area contributed by atoms with Crippen LogP contribution in [-0.4, -0.2) is 13.2 Å². The molecule has 2 N–H and O–H groups in total. The molecule has 0 fully saturated rings. The van der Waals surface area contributed by atoms with Crippen molar-refractivity contribution >= 4 is 11.6 Å². The fraction of sp³-hybridized carbons (Fsp3) is 0.294. The van der Waals surface area contributed by atoms with Crippen molar-refractivity contribution in [3.05, 3.63) is 53.6 Å². The molecule has 0 saturated carbocycles. The molecule has 0 bridgehead atoms. The molecule has 0 radical (unpaired) electrons. The molecule has 20 heavy (non-hydrogen) atoms. The third kappa shape index (κ3) is 3.75.